The first kappa shape index (κ1) is 9.26. The summed E-state index contributed by atoms with van der Waals surface area (Å²) in [5.41, 5.74) is 0. The predicted molar refractivity (Wildman–Crippen MR) is 49.8 cm³/mol. The van der Waals surface area contributed by atoms with E-state index in [1.807, 2.05) is 0 Å². The molecule has 62 valence electrons. The molecule has 0 aliphatic heterocycles. The van der Waals surface area contributed by atoms with Gasteiger partial charge in [0.05, 0.1) is 9.84 Å². The van der Waals surface area contributed by atoms with E-state index in [2.05, 4.69) is 38.4 Å². The number of alkyl halides is 2. The Morgan fingerprint density at radius 2 is 2.36 bits per heavy atom. The van der Waals surface area contributed by atoms with Crippen molar-refractivity contribution in [1.29, 1.82) is 0 Å². The molecule has 1 saturated carbocycles. The lowest BCUT2D eigenvalue weighted by molar-refractivity contribution is -0.138. The molecule has 0 heterocycles. The molecule has 1 rings (SSSR count). The molecule has 0 saturated heterocycles. The summed E-state index contributed by atoms with van der Waals surface area (Å²) in [4.78, 5) is 10.6. The maximum atomic E-state index is 10.6. The Morgan fingerprint density at radius 1 is 1.82 bits per heavy atom. The Bertz CT molecular complexity index is 189. The fourth-order valence-corrected chi connectivity index (χ4v) is 1.74. The Hall–Kier alpha value is 0.170. The van der Waals surface area contributed by atoms with Gasteiger partial charge in [0.2, 0.25) is 0 Å². The highest BCUT2D eigenvalue weighted by molar-refractivity contribution is 9.25. The van der Waals surface area contributed by atoms with Gasteiger partial charge in [-0.15, -0.1) is 0 Å². The monoisotopic (exact) mass is 282 g/mol. The maximum Gasteiger partial charge on any atom is 0.330 e. The second kappa shape index (κ2) is 3.27. The molecular formula is C7H8Br2O2. The lowest BCUT2D eigenvalue weighted by atomic mass is 10.5. The van der Waals surface area contributed by atoms with Crippen LogP contribution in [0, 0.1) is 5.92 Å². The zero-order chi connectivity index (χ0) is 8.48. The second-order valence-electron chi connectivity index (χ2n) is 2.50. The van der Waals surface area contributed by atoms with Crippen LogP contribution >= 0.6 is 31.9 Å². The molecule has 0 spiro atoms. The van der Waals surface area contributed by atoms with Crippen molar-refractivity contribution < 1.29 is 9.53 Å². The van der Waals surface area contributed by atoms with Crippen molar-refractivity contribution in [3.05, 3.63) is 12.7 Å². The van der Waals surface area contributed by atoms with Gasteiger partial charge < -0.3 is 4.74 Å². The summed E-state index contributed by atoms with van der Waals surface area (Å²) >= 11 is 6.85. The highest BCUT2D eigenvalue weighted by Gasteiger charge is 2.50. The summed E-state index contributed by atoms with van der Waals surface area (Å²) in [6.45, 7) is 3.76. The zero-order valence-corrected chi connectivity index (χ0v) is 9.02. The van der Waals surface area contributed by atoms with E-state index >= 15 is 0 Å². The van der Waals surface area contributed by atoms with Crippen LogP contribution < -0.4 is 0 Å². The molecule has 1 aliphatic carbocycles. The summed E-state index contributed by atoms with van der Waals surface area (Å²) in [5.74, 6) is 0.0408. The van der Waals surface area contributed by atoms with Gasteiger partial charge in [0, 0.05) is 12.0 Å². The van der Waals surface area contributed by atoms with Gasteiger partial charge in [-0.05, 0) is 6.42 Å². The van der Waals surface area contributed by atoms with Gasteiger partial charge in [-0.1, -0.05) is 38.4 Å². The Morgan fingerprint density at radius 3 is 2.73 bits per heavy atom. The van der Waals surface area contributed by atoms with E-state index in [-0.39, 0.29) is 9.20 Å². The van der Waals surface area contributed by atoms with E-state index in [4.69, 9.17) is 4.74 Å². The minimum absolute atomic E-state index is 0.0153. The van der Waals surface area contributed by atoms with Gasteiger partial charge >= 0.3 is 5.97 Å². The van der Waals surface area contributed by atoms with E-state index < -0.39 is 0 Å². The number of hydrogen-bond donors (Lipinski definition) is 0. The highest BCUT2D eigenvalue weighted by atomic mass is 79.9. The third-order valence-electron chi connectivity index (χ3n) is 1.55. The van der Waals surface area contributed by atoms with Crippen LogP contribution in [0.15, 0.2) is 12.7 Å². The molecular weight excluding hydrogens is 276 g/mol. The summed E-state index contributed by atoms with van der Waals surface area (Å²) in [5, 5.41) is 0. The molecule has 0 amide bonds. The molecule has 1 aliphatic rings. The Balaban J connectivity index is 2.16. The van der Waals surface area contributed by atoms with Crippen molar-refractivity contribution in [3.63, 3.8) is 0 Å². The average molecular weight is 284 g/mol. The van der Waals surface area contributed by atoms with Gasteiger partial charge in [-0.2, -0.15) is 0 Å². The molecule has 0 aromatic carbocycles. The normalized spacial score (nSPS) is 25.8. The molecule has 0 aromatic heterocycles. The molecule has 11 heavy (non-hydrogen) atoms. The minimum Gasteiger partial charge on any atom is -0.462 e. The Kier molecular flexibility index (Phi) is 2.75. The molecule has 4 heteroatoms. The van der Waals surface area contributed by atoms with Crippen LogP contribution in [0.2, 0.25) is 0 Å². The van der Waals surface area contributed by atoms with Gasteiger partial charge in [0.15, 0.2) is 0 Å². The summed E-state index contributed by atoms with van der Waals surface area (Å²) in [6, 6.07) is 0. The van der Waals surface area contributed by atoms with E-state index in [0.29, 0.717) is 12.5 Å². The maximum absolute atomic E-state index is 10.6. The van der Waals surface area contributed by atoms with Crippen molar-refractivity contribution in [1.82, 2.24) is 0 Å². The van der Waals surface area contributed by atoms with Gasteiger partial charge in [0.1, 0.15) is 0 Å². The number of halogens is 2. The van der Waals surface area contributed by atoms with Crippen LogP contribution in [0.1, 0.15) is 6.42 Å². The number of carbonyl (C=O) groups is 1. The fraction of sp³-hybridized carbons (Fsp3) is 0.571. The van der Waals surface area contributed by atoms with Crippen LogP contribution in [0.3, 0.4) is 0 Å². The zero-order valence-electron chi connectivity index (χ0n) is 5.85. The first-order chi connectivity index (χ1) is 5.06. The summed E-state index contributed by atoms with van der Waals surface area (Å²) in [7, 11) is 0. The lowest BCUT2D eigenvalue weighted by Gasteiger charge is -2.00. The second-order valence-corrected chi connectivity index (χ2v) is 6.39. The molecule has 0 N–H and O–H groups in total. The first-order valence-corrected chi connectivity index (χ1v) is 4.82. The first-order valence-electron chi connectivity index (χ1n) is 3.23. The van der Waals surface area contributed by atoms with E-state index in [9.17, 15) is 4.79 Å². The van der Waals surface area contributed by atoms with E-state index in [1.54, 1.807) is 0 Å². The summed E-state index contributed by atoms with van der Waals surface area (Å²) < 4.78 is 4.85. The van der Waals surface area contributed by atoms with Gasteiger partial charge in [-0.25, -0.2) is 4.79 Å². The number of hydrogen-bond acceptors (Lipinski definition) is 2. The number of rotatable bonds is 3. The van der Waals surface area contributed by atoms with Crippen LogP contribution in [0.4, 0.5) is 0 Å². The molecule has 0 aromatic rings. The van der Waals surface area contributed by atoms with Gasteiger partial charge in [-0.3, -0.25) is 0 Å². The SMILES string of the molecule is C=CC(=O)OCC1CC1(Br)Br. The smallest absolute Gasteiger partial charge is 0.330 e. The Labute approximate surface area is 82.2 Å². The van der Waals surface area contributed by atoms with Crippen molar-refractivity contribution in [3.8, 4) is 0 Å². The quantitative estimate of drug-likeness (QED) is 0.451. The predicted octanol–water partition coefficient (Wildman–Crippen LogP) is 2.22. The standard InChI is InChI=1S/C7H8Br2O2/c1-2-6(10)11-4-5-3-7(5,8)9/h2,5H,1,3-4H2. The third-order valence-corrected chi connectivity index (χ3v) is 3.49. The average Bonchev–Trinajstić information content (AvgIpc) is 2.54. The number of esters is 1. The molecule has 2 nitrogen and oxygen atoms in total. The molecule has 1 unspecified atom stereocenters. The van der Waals surface area contributed by atoms with Crippen molar-refractivity contribution in [2.75, 3.05) is 6.61 Å². The number of carbonyl (C=O) groups excluding carboxylic acids is 1. The lowest BCUT2D eigenvalue weighted by Crippen LogP contribution is -2.05. The van der Waals surface area contributed by atoms with Crippen molar-refractivity contribution >= 4 is 37.8 Å². The summed E-state index contributed by atoms with van der Waals surface area (Å²) in [6.07, 6.45) is 2.17. The molecule has 0 radical (unpaired) electrons. The number of ether oxygens (including phenoxy) is 1. The molecule has 1 fully saturated rings. The van der Waals surface area contributed by atoms with Crippen molar-refractivity contribution in [2.24, 2.45) is 5.92 Å². The minimum atomic E-state index is -0.354. The molecule has 1 atom stereocenters. The van der Waals surface area contributed by atoms with E-state index in [1.165, 1.54) is 6.08 Å². The van der Waals surface area contributed by atoms with Crippen molar-refractivity contribution in [2.45, 2.75) is 9.65 Å². The van der Waals surface area contributed by atoms with Crippen LogP contribution in [0.5, 0.6) is 0 Å². The topological polar surface area (TPSA) is 26.3 Å². The van der Waals surface area contributed by atoms with Crippen LogP contribution in [0.25, 0.3) is 0 Å². The highest BCUT2D eigenvalue weighted by Crippen LogP contribution is 2.56. The van der Waals surface area contributed by atoms with Gasteiger partial charge in [0.25, 0.3) is 0 Å². The third kappa shape index (κ3) is 2.60. The fourth-order valence-electron chi connectivity index (χ4n) is 0.692. The van der Waals surface area contributed by atoms with Crippen LogP contribution in [-0.4, -0.2) is 15.8 Å². The van der Waals surface area contributed by atoms with Crippen LogP contribution in [-0.2, 0) is 9.53 Å². The van der Waals surface area contributed by atoms with E-state index in [0.717, 1.165) is 6.42 Å². The largest absolute Gasteiger partial charge is 0.462 e. The molecule has 0 bridgehead atoms.